The molecule has 1 aliphatic heterocycles. The first-order valence-electron chi connectivity index (χ1n) is 7.76. The van der Waals surface area contributed by atoms with E-state index in [1.54, 1.807) is 18.2 Å². The smallest absolute Gasteiger partial charge is 0.287 e. The van der Waals surface area contributed by atoms with Crippen LogP contribution in [-0.4, -0.2) is 34.1 Å². The van der Waals surface area contributed by atoms with Gasteiger partial charge in [0, 0.05) is 6.54 Å². The number of rotatable bonds is 7. The minimum Gasteiger partial charge on any atom is -0.454 e. The molecular weight excluding hydrogens is 396 g/mol. The average molecular weight is 411 g/mol. The zero-order chi connectivity index (χ0) is 19.4. The summed E-state index contributed by atoms with van der Waals surface area (Å²) in [4.78, 5) is 35.5. The van der Waals surface area contributed by atoms with E-state index in [0.29, 0.717) is 16.4 Å². The fourth-order valence-electron chi connectivity index (χ4n) is 2.26. The lowest BCUT2D eigenvalue weighted by atomic mass is 10.2. The van der Waals surface area contributed by atoms with Crippen LogP contribution in [0.15, 0.2) is 34.1 Å². The van der Waals surface area contributed by atoms with Gasteiger partial charge in [-0.2, -0.15) is 5.10 Å². The van der Waals surface area contributed by atoms with E-state index in [4.69, 9.17) is 26.8 Å². The molecule has 1 aromatic heterocycles. The number of nitrogens with zero attached hydrogens (tertiary/aromatic N) is 2. The van der Waals surface area contributed by atoms with Crippen LogP contribution in [0, 0.1) is 0 Å². The third kappa shape index (κ3) is 4.72. The second-order valence-electron chi connectivity index (χ2n) is 5.50. The maximum absolute atomic E-state index is 12.2. The standard InChI is InChI=1S/C16H15ClN4O5S/c17-15-12(27-7-13(18)22)5-20-21(16(15)24)6-14(23)19-4-9-1-2-10-11(3-9)26-8-25-10/h1-3,5H,4,6-8H2,(H2,18,22)(H,19,23). The highest BCUT2D eigenvalue weighted by molar-refractivity contribution is 8.00. The van der Waals surface area contributed by atoms with Crippen molar-refractivity contribution in [3.63, 3.8) is 0 Å². The minimum absolute atomic E-state index is 0.0269. The highest BCUT2D eigenvalue weighted by Gasteiger charge is 2.15. The molecule has 0 saturated heterocycles. The molecular formula is C16H15ClN4O5S. The van der Waals surface area contributed by atoms with E-state index < -0.39 is 17.4 Å². The van der Waals surface area contributed by atoms with E-state index in [2.05, 4.69) is 10.4 Å². The van der Waals surface area contributed by atoms with Crippen molar-refractivity contribution in [3.05, 3.63) is 45.3 Å². The summed E-state index contributed by atoms with van der Waals surface area (Å²) in [7, 11) is 0. The highest BCUT2D eigenvalue weighted by atomic mass is 35.5. The molecule has 142 valence electrons. The molecule has 27 heavy (non-hydrogen) atoms. The number of halogens is 1. The van der Waals surface area contributed by atoms with Crippen molar-refractivity contribution in [3.8, 4) is 11.5 Å². The summed E-state index contributed by atoms with van der Waals surface area (Å²) in [6.45, 7) is 0.141. The molecule has 0 unspecified atom stereocenters. The largest absolute Gasteiger partial charge is 0.454 e. The van der Waals surface area contributed by atoms with Crippen LogP contribution in [0.5, 0.6) is 11.5 Å². The molecule has 0 fully saturated rings. The van der Waals surface area contributed by atoms with E-state index in [1.165, 1.54) is 6.20 Å². The van der Waals surface area contributed by atoms with Crippen molar-refractivity contribution < 1.29 is 19.1 Å². The van der Waals surface area contributed by atoms with Gasteiger partial charge in [0.2, 0.25) is 18.6 Å². The number of hydrogen-bond donors (Lipinski definition) is 2. The van der Waals surface area contributed by atoms with Gasteiger partial charge in [-0.15, -0.1) is 11.8 Å². The number of carbonyl (C=O) groups is 2. The van der Waals surface area contributed by atoms with Crippen molar-refractivity contribution in [2.24, 2.45) is 5.73 Å². The van der Waals surface area contributed by atoms with Gasteiger partial charge < -0.3 is 20.5 Å². The number of primary amides is 1. The van der Waals surface area contributed by atoms with Crippen molar-refractivity contribution >= 4 is 35.2 Å². The molecule has 2 aromatic rings. The number of nitrogens with two attached hydrogens (primary N) is 1. The van der Waals surface area contributed by atoms with E-state index in [0.717, 1.165) is 22.0 Å². The SMILES string of the molecule is NC(=O)CSc1cnn(CC(=O)NCc2ccc3c(c2)OCO3)c(=O)c1Cl. The second-order valence-corrected chi connectivity index (χ2v) is 6.90. The maximum Gasteiger partial charge on any atom is 0.287 e. The van der Waals surface area contributed by atoms with Crippen LogP contribution in [0.1, 0.15) is 5.56 Å². The molecule has 3 rings (SSSR count). The van der Waals surface area contributed by atoms with Crippen LogP contribution in [0.3, 0.4) is 0 Å². The number of aromatic nitrogens is 2. The second kappa shape index (κ2) is 8.31. The number of carbonyl (C=O) groups excluding carboxylic acids is 2. The fraction of sp³-hybridized carbons (Fsp3) is 0.250. The Balaban J connectivity index is 1.60. The van der Waals surface area contributed by atoms with E-state index >= 15 is 0 Å². The van der Waals surface area contributed by atoms with Crippen LogP contribution < -0.4 is 26.1 Å². The van der Waals surface area contributed by atoms with Gasteiger partial charge in [-0.3, -0.25) is 14.4 Å². The van der Waals surface area contributed by atoms with Gasteiger partial charge in [-0.1, -0.05) is 17.7 Å². The Labute approximate surface area is 162 Å². The van der Waals surface area contributed by atoms with Gasteiger partial charge in [0.1, 0.15) is 11.6 Å². The third-order valence-corrected chi connectivity index (χ3v) is 5.07. The van der Waals surface area contributed by atoms with Gasteiger partial charge in [0.25, 0.3) is 5.56 Å². The number of amides is 2. The van der Waals surface area contributed by atoms with Crippen molar-refractivity contribution in [1.82, 2.24) is 15.1 Å². The zero-order valence-electron chi connectivity index (χ0n) is 13.9. The van der Waals surface area contributed by atoms with Gasteiger partial charge in [0.05, 0.1) is 16.8 Å². The van der Waals surface area contributed by atoms with Crippen molar-refractivity contribution in [2.45, 2.75) is 18.0 Å². The Morgan fingerprint density at radius 1 is 1.33 bits per heavy atom. The first kappa shape index (κ1) is 19.1. The van der Waals surface area contributed by atoms with E-state index in [-0.39, 0.29) is 30.7 Å². The van der Waals surface area contributed by atoms with Crippen LogP contribution in [0.2, 0.25) is 5.02 Å². The lowest BCUT2D eigenvalue weighted by Crippen LogP contribution is -2.33. The predicted molar refractivity (Wildman–Crippen MR) is 97.8 cm³/mol. The molecule has 1 aromatic carbocycles. The molecule has 0 radical (unpaired) electrons. The van der Waals surface area contributed by atoms with Gasteiger partial charge >= 0.3 is 0 Å². The first-order chi connectivity index (χ1) is 12.9. The molecule has 0 saturated carbocycles. The molecule has 3 N–H and O–H groups in total. The molecule has 1 aliphatic rings. The number of fused-ring (bicyclic) bond motifs is 1. The molecule has 9 nitrogen and oxygen atoms in total. The summed E-state index contributed by atoms with van der Waals surface area (Å²) in [6, 6.07) is 5.34. The molecule has 0 atom stereocenters. The molecule has 11 heteroatoms. The molecule has 2 amide bonds. The quantitative estimate of drug-likeness (QED) is 0.637. The number of thioether (sulfide) groups is 1. The summed E-state index contributed by atoms with van der Waals surface area (Å²) in [6.07, 6.45) is 1.32. The summed E-state index contributed by atoms with van der Waals surface area (Å²) in [5.74, 6) is 0.306. The highest BCUT2D eigenvalue weighted by Crippen LogP contribution is 2.32. The summed E-state index contributed by atoms with van der Waals surface area (Å²) in [5, 5.41) is 6.49. The van der Waals surface area contributed by atoms with Crippen molar-refractivity contribution in [2.75, 3.05) is 12.5 Å². The van der Waals surface area contributed by atoms with E-state index in [1.807, 2.05) is 0 Å². The predicted octanol–water partition coefficient (Wildman–Crippen LogP) is 0.519. The van der Waals surface area contributed by atoms with Crippen LogP contribution in [-0.2, 0) is 22.7 Å². The lowest BCUT2D eigenvalue weighted by molar-refractivity contribution is -0.122. The Hall–Kier alpha value is -2.72. The van der Waals surface area contributed by atoms with Crippen LogP contribution in [0.4, 0.5) is 0 Å². The number of hydrogen-bond acceptors (Lipinski definition) is 7. The Morgan fingerprint density at radius 3 is 2.89 bits per heavy atom. The maximum atomic E-state index is 12.2. The minimum atomic E-state index is -0.621. The monoisotopic (exact) mass is 410 g/mol. The summed E-state index contributed by atoms with van der Waals surface area (Å²) < 4.78 is 11.5. The number of nitrogens with one attached hydrogen (secondary N) is 1. The zero-order valence-corrected chi connectivity index (χ0v) is 15.5. The van der Waals surface area contributed by atoms with E-state index in [9.17, 15) is 14.4 Å². The summed E-state index contributed by atoms with van der Waals surface area (Å²) in [5.41, 5.74) is 5.26. The van der Waals surface area contributed by atoms with Crippen LogP contribution in [0.25, 0.3) is 0 Å². The molecule has 0 bridgehead atoms. The van der Waals surface area contributed by atoms with Gasteiger partial charge in [0.15, 0.2) is 11.5 Å². The van der Waals surface area contributed by atoms with Crippen molar-refractivity contribution in [1.29, 1.82) is 0 Å². The average Bonchev–Trinajstić information content (AvgIpc) is 3.11. The Kier molecular flexibility index (Phi) is 5.87. The molecule has 2 heterocycles. The lowest BCUT2D eigenvalue weighted by Gasteiger charge is -2.09. The normalized spacial score (nSPS) is 12.0. The Morgan fingerprint density at radius 2 is 2.11 bits per heavy atom. The summed E-state index contributed by atoms with van der Waals surface area (Å²) >= 11 is 7.00. The first-order valence-corrected chi connectivity index (χ1v) is 9.12. The number of benzene rings is 1. The number of ether oxygens (including phenoxy) is 2. The van der Waals surface area contributed by atoms with Gasteiger partial charge in [-0.05, 0) is 17.7 Å². The topological polar surface area (TPSA) is 126 Å². The Bertz CT molecular complexity index is 949. The fourth-order valence-corrected chi connectivity index (χ4v) is 3.20. The van der Waals surface area contributed by atoms with Gasteiger partial charge in [-0.25, -0.2) is 4.68 Å². The third-order valence-electron chi connectivity index (χ3n) is 3.54. The molecule has 0 aliphatic carbocycles. The molecule has 0 spiro atoms. The van der Waals surface area contributed by atoms with Crippen LogP contribution >= 0.6 is 23.4 Å².